The van der Waals surface area contributed by atoms with E-state index < -0.39 is 0 Å². The molecular formula is C16H26Br2N2O2. The SMILES string of the molecule is CC.CC1=NOC(C2CC2)C1Br.CCCc1noc(C)c1Br. The van der Waals surface area contributed by atoms with Gasteiger partial charge >= 0.3 is 0 Å². The first-order valence-corrected chi connectivity index (χ1v) is 9.70. The number of oxime groups is 1. The summed E-state index contributed by atoms with van der Waals surface area (Å²) in [5.41, 5.74) is 2.11. The van der Waals surface area contributed by atoms with Gasteiger partial charge < -0.3 is 9.36 Å². The smallest absolute Gasteiger partial charge is 0.148 e. The van der Waals surface area contributed by atoms with Gasteiger partial charge in [-0.2, -0.15) is 0 Å². The van der Waals surface area contributed by atoms with Gasteiger partial charge in [0.1, 0.15) is 11.9 Å². The lowest BCUT2D eigenvalue weighted by molar-refractivity contribution is 0.0729. The average Bonchev–Trinajstić information content (AvgIpc) is 3.26. The van der Waals surface area contributed by atoms with E-state index in [1.165, 1.54) is 12.8 Å². The molecule has 0 radical (unpaired) electrons. The van der Waals surface area contributed by atoms with Crippen LogP contribution in [0.3, 0.4) is 0 Å². The fourth-order valence-electron chi connectivity index (χ4n) is 2.03. The number of halogens is 2. The van der Waals surface area contributed by atoms with E-state index in [-0.39, 0.29) is 0 Å². The molecule has 0 N–H and O–H groups in total. The predicted molar refractivity (Wildman–Crippen MR) is 97.7 cm³/mol. The Morgan fingerprint density at radius 3 is 2.23 bits per heavy atom. The van der Waals surface area contributed by atoms with Gasteiger partial charge in [0.15, 0.2) is 0 Å². The zero-order chi connectivity index (χ0) is 16.7. The topological polar surface area (TPSA) is 47.6 Å². The minimum Gasteiger partial charge on any atom is -0.391 e. The molecule has 4 nitrogen and oxygen atoms in total. The lowest BCUT2D eigenvalue weighted by Gasteiger charge is -2.09. The fraction of sp³-hybridized carbons (Fsp3) is 0.750. The Balaban J connectivity index is 0.000000198. The standard InChI is InChI=1S/2C7H10BrNO.C2H6/c1-4-6(8)7(10-9-4)5-2-3-5;1-3-4-6-7(8)5(2)10-9-6;1-2/h5-7H,2-3H2,1H3;3-4H2,1-2H3;1-2H3. The van der Waals surface area contributed by atoms with Gasteiger partial charge in [0.05, 0.1) is 20.7 Å². The third-order valence-electron chi connectivity index (χ3n) is 3.43. The molecule has 0 spiro atoms. The number of aryl methyl sites for hydroxylation is 2. The van der Waals surface area contributed by atoms with E-state index in [1.807, 2.05) is 27.7 Å². The maximum atomic E-state index is 5.24. The minimum atomic E-state index is 0.333. The highest BCUT2D eigenvalue weighted by Crippen LogP contribution is 2.40. The fourth-order valence-corrected chi connectivity index (χ4v) is 2.99. The number of rotatable bonds is 3. The van der Waals surface area contributed by atoms with Gasteiger partial charge in [0, 0.05) is 5.92 Å². The Kier molecular flexibility index (Phi) is 8.69. The molecule has 1 fully saturated rings. The molecule has 126 valence electrons. The second-order valence-electron chi connectivity index (χ2n) is 5.29. The van der Waals surface area contributed by atoms with E-state index in [0.29, 0.717) is 10.9 Å². The average molecular weight is 438 g/mol. The lowest BCUT2D eigenvalue weighted by Crippen LogP contribution is -2.23. The van der Waals surface area contributed by atoms with Gasteiger partial charge in [0.2, 0.25) is 0 Å². The van der Waals surface area contributed by atoms with Gasteiger partial charge in [-0.15, -0.1) is 0 Å². The van der Waals surface area contributed by atoms with Gasteiger partial charge in [-0.3, -0.25) is 0 Å². The molecule has 1 aromatic heterocycles. The maximum absolute atomic E-state index is 5.24. The van der Waals surface area contributed by atoms with Crippen molar-refractivity contribution >= 4 is 37.6 Å². The molecular weight excluding hydrogens is 412 g/mol. The first-order chi connectivity index (χ1) is 10.5. The Bertz CT molecular complexity index is 484. The van der Waals surface area contributed by atoms with Crippen LogP contribution >= 0.6 is 31.9 Å². The Morgan fingerprint density at radius 1 is 1.23 bits per heavy atom. The molecule has 6 heteroatoms. The number of nitrogens with zero attached hydrogens (tertiary/aromatic N) is 2. The van der Waals surface area contributed by atoms with Crippen molar-refractivity contribution in [1.29, 1.82) is 0 Å². The highest BCUT2D eigenvalue weighted by Gasteiger charge is 2.41. The third-order valence-corrected chi connectivity index (χ3v) is 5.63. The van der Waals surface area contributed by atoms with E-state index in [1.54, 1.807) is 0 Å². The van der Waals surface area contributed by atoms with Gasteiger partial charge in [0.25, 0.3) is 0 Å². The second kappa shape index (κ2) is 9.71. The summed E-state index contributed by atoms with van der Waals surface area (Å²) in [5, 5.41) is 7.81. The molecule has 2 atom stereocenters. The number of alkyl halides is 1. The van der Waals surface area contributed by atoms with Crippen molar-refractivity contribution in [3.63, 3.8) is 0 Å². The van der Waals surface area contributed by atoms with Crippen LogP contribution in [-0.2, 0) is 11.3 Å². The summed E-state index contributed by atoms with van der Waals surface area (Å²) in [6.45, 7) is 10.0. The summed E-state index contributed by atoms with van der Waals surface area (Å²) in [5.74, 6) is 1.63. The molecule has 0 aromatic carbocycles. The van der Waals surface area contributed by atoms with E-state index >= 15 is 0 Å². The molecule has 1 aliphatic heterocycles. The highest BCUT2D eigenvalue weighted by molar-refractivity contribution is 9.10. The van der Waals surface area contributed by atoms with Crippen molar-refractivity contribution in [1.82, 2.24) is 5.16 Å². The summed E-state index contributed by atoms with van der Waals surface area (Å²) in [4.78, 5) is 5.62. The number of aromatic nitrogens is 1. The van der Waals surface area contributed by atoms with Crippen molar-refractivity contribution in [2.24, 2.45) is 11.1 Å². The molecule has 3 rings (SSSR count). The van der Waals surface area contributed by atoms with Crippen LogP contribution in [0.15, 0.2) is 14.2 Å². The predicted octanol–water partition coefficient (Wildman–Crippen LogP) is 5.66. The summed E-state index contributed by atoms with van der Waals surface area (Å²) >= 11 is 6.95. The van der Waals surface area contributed by atoms with Gasteiger partial charge in [-0.25, -0.2) is 0 Å². The largest absolute Gasteiger partial charge is 0.391 e. The van der Waals surface area contributed by atoms with E-state index in [2.05, 4.69) is 49.1 Å². The van der Waals surface area contributed by atoms with Crippen molar-refractivity contribution in [2.75, 3.05) is 0 Å². The van der Waals surface area contributed by atoms with Gasteiger partial charge in [-0.05, 0) is 49.0 Å². The summed E-state index contributed by atoms with van der Waals surface area (Å²) < 4.78 is 5.97. The first-order valence-electron chi connectivity index (χ1n) is 7.99. The van der Waals surface area contributed by atoms with E-state index in [9.17, 15) is 0 Å². The normalized spacial score (nSPS) is 22.8. The summed E-state index contributed by atoms with van der Waals surface area (Å²) in [6, 6.07) is 0. The van der Waals surface area contributed by atoms with Crippen LogP contribution in [0, 0.1) is 12.8 Å². The van der Waals surface area contributed by atoms with E-state index in [4.69, 9.17) is 9.36 Å². The lowest BCUT2D eigenvalue weighted by atomic mass is 10.1. The Morgan fingerprint density at radius 2 is 1.86 bits per heavy atom. The van der Waals surface area contributed by atoms with Crippen molar-refractivity contribution < 1.29 is 9.36 Å². The van der Waals surface area contributed by atoms with Crippen molar-refractivity contribution in [2.45, 2.75) is 71.2 Å². The quantitative estimate of drug-likeness (QED) is 0.573. The minimum absolute atomic E-state index is 0.333. The summed E-state index contributed by atoms with van der Waals surface area (Å²) in [6.07, 6.45) is 5.05. The van der Waals surface area contributed by atoms with Crippen LogP contribution in [0.2, 0.25) is 0 Å². The van der Waals surface area contributed by atoms with Crippen LogP contribution in [0.4, 0.5) is 0 Å². The zero-order valence-electron chi connectivity index (χ0n) is 14.0. The summed E-state index contributed by atoms with van der Waals surface area (Å²) in [7, 11) is 0. The molecule has 0 saturated heterocycles. The van der Waals surface area contributed by atoms with Crippen LogP contribution in [0.5, 0.6) is 0 Å². The molecule has 22 heavy (non-hydrogen) atoms. The number of hydrogen-bond acceptors (Lipinski definition) is 4. The van der Waals surface area contributed by atoms with E-state index in [0.717, 1.165) is 40.4 Å². The Hall–Kier alpha value is -0.360. The highest BCUT2D eigenvalue weighted by atomic mass is 79.9. The monoisotopic (exact) mass is 436 g/mol. The number of hydrogen-bond donors (Lipinski definition) is 0. The van der Waals surface area contributed by atoms with Crippen LogP contribution < -0.4 is 0 Å². The molecule has 2 aliphatic rings. The molecule has 2 unspecified atom stereocenters. The van der Waals surface area contributed by atoms with Crippen LogP contribution in [0.1, 0.15) is 58.4 Å². The van der Waals surface area contributed by atoms with Crippen LogP contribution in [0.25, 0.3) is 0 Å². The zero-order valence-corrected chi connectivity index (χ0v) is 17.2. The molecule has 0 bridgehead atoms. The molecule has 1 saturated carbocycles. The first kappa shape index (κ1) is 19.7. The Labute approximate surface area is 150 Å². The third kappa shape index (κ3) is 5.37. The molecule has 0 amide bonds. The maximum Gasteiger partial charge on any atom is 0.148 e. The van der Waals surface area contributed by atoms with Gasteiger partial charge in [-0.1, -0.05) is 53.4 Å². The molecule has 2 heterocycles. The van der Waals surface area contributed by atoms with Crippen LogP contribution in [-0.4, -0.2) is 21.8 Å². The molecule has 1 aliphatic carbocycles. The van der Waals surface area contributed by atoms with Crippen molar-refractivity contribution in [3.8, 4) is 0 Å². The molecule has 1 aromatic rings. The van der Waals surface area contributed by atoms with Crippen molar-refractivity contribution in [3.05, 3.63) is 15.9 Å². The second-order valence-corrected chi connectivity index (χ2v) is 7.07.